The first kappa shape index (κ1) is 54.4. The molecule has 3 amide bonds. The zero-order chi connectivity index (χ0) is 52.3. The molecule has 6 atom stereocenters. The van der Waals surface area contributed by atoms with Gasteiger partial charge < -0.3 is 60.3 Å². The number of nitrogen functional groups attached to an aromatic ring is 1. The summed E-state index contributed by atoms with van der Waals surface area (Å²) in [7, 11) is -1.61. The molecule has 0 radical (unpaired) electrons. The second kappa shape index (κ2) is 22.4. The summed E-state index contributed by atoms with van der Waals surface area (Å²) >= 11 is 5.79. The highest BCUT2D eigenvalue weighted by molar-refractivity contribution is 8.08. The fraction of sp³-hybridized carbons (Fsp3) is 0.357. The second-order valence-electron chi connectivity index (χ2n) is 16.7. The van der Waals surface area contributed by atoms with Crippen molar-refractivity contribution in [2.75, 3.05) is 72.1 Å². The smallest absolute Gasteiger partial charge is 0.440 e. The quantitative estimate of drug-likeness (QED) is 0.0250. The minimum absolute atomic E-state index is 0.0136. The summed E-state index contributed by atoms with van der Waals surface area (Å²) in [6.07, 6.45) is -4.94. The normalized spacial score (nSPS) is 18.6. The van der Waals surface area contributed by atoms with Gasteiger partial charge >= 0.3 is 28.5 Å². The Morgan fingerprint density at radius 1 is 0.944 bits per heavy atom. The molecule has 1 saturated heterocycles. The maximum Gasteiger partial charge on any atom is 0.488 e. The van der Waals surface area contributed by atoms with Gasteiger partial charge in [-0.2, -0.15) is 4.31 Å². The maximum absolute atomic E-state index is 14.2. The number of phosphoric acid groups is 2. The Balaban J connectivity index is 0.946. The molecule has 7 rings (SSSR count). The highest BCUT2D eigenvalue weighted by Gasteiger charge is 2.49. The van der Waals surface area contributed by atoms with E-state index in [-0.39, 0.29) is 54.9 Å². The molecule has 72 heavy (non-hydrogen) atoms. The number of amides is 3. The second-order valence-corrected chi connectivity index (χ2v) is 23.6. The van der Waals surface area contributed by atoms with Gasteiger partial charge in [-0.15, -0.1) is 11.3 Å². The first-order valence-corrected chi connectivity index (χ1v) is 28.1. The van der Waals surface area contributed by atoms with E-state index in [0.29, 0.717) is 12.0 Å². The molecule has 1 aliphatic carbocycles. The van der Waals surface area contributed by atoms with Crippen LogP contribution in [0.2, 0.25) is 0 Å². The van der Waals surface area contributed by atoms with Crippen LogP contribution in [0.5, 0.6) is 0 Å². The monoisotopic (exact) mass is 1090 g/mol. The first-order chi connectivity index (χ1) is 33.9. The van der Waals surface area contributed by atoms with Crippen molar-refractivity contribution in [3.8, 4) is 21.6 Å². The molecule has 2 unspecified atom stereocenters. The van der Waals surface area contributed by atoms with Crippen LogP contribution in [0.15, 0.2) is 73.3 Å². The number of aliphatic hydroxyl groups excluding tert-OH is 1. The number of nitrogens with one attached hydrogen (secondary N) is 2. The summed E-state index contributed by atoms with van der Waals surface area (Å²) in [6, 6.07) is 20.1. The standard InChI is InChI=1S/C42H51N10O15P3S2/c1-49(2)24-12-14-28-31(19-24)72-32-20-25(50(3)4)13-15-29(32)34(28)26-9-6-7-10-27(26)40(55)51(5)18-8-11-33(53)44-16-17-45-42(56)65-37-30(21-63-68(57,58)66-69(59,60)67-70(61,62)71)64-41(36(37)54)52-23-48-35-38(43)46-22-47-39(35)52/h6-7,9-10,12-15,19-20,22-23,30,36-37,41,54H,8,11,16-18,21H2,1-5H3,(H7-,43,44,45,46,47,53,56,57,58,59,60,61,62,71)/p+1/t30-,36-,37-,41-/m1/s1. The summed E-state index contributed by atoms with van der Waals surface area (Å²) in [5.41, 5.74) is 10.4. The first-order valence-electron chi connectivity index (χ1n) is 21.7. The van der Waals surface area contributed by atoms with E-state index >= 15 is 0 Å². The van der Waals surface area contributed by atoms with Crippen LogP contribution >= 0.6 is 33.7 Å². The number of fused-ring (bicyclic) bond motifs is 3. The number of carbonyl (C=O) groups excluding carboxylic acids is 3. The van der Waals surface area contributed by atoms with Gasteiger partial charge in [-0.3, -0.25) is 18.7 Å². The number of hydrogen-bond donors (Lipinski definition) is 8. The Bertz CT molecular complexity index is 3210. The Kier molecular flexibility index (Phi) is 16.9. The Morgan fingerprint density at radius 2 is 1.68 bits per heavy atom. The van der Waals surface area contributed by atoms with Gasteiger partial charge in [0.2, 0.25) is 11.3 Å². The van der Waals surface area contributed by atoms with Gasteiger partial charge in [0.15, 0.2) is 23.8 Å². The van der Waals surface area contributed by atoms with Crippen molar-refractivity contribution in [1.29, 1.82) is 0 Å². The molecular weight excluding hydrogens is 1040 g/mol. The number of rotatable bonds is 19. The van der Waals surface area contributed by atoms with E-state index < -0.39 is 59.6 Å². The van der Waals surface area contributed by atoms with Crippen molar-refractivity contribution < 1.29 is 70.8 Å². The SMILES string of the molecule is CN(CCCC(=O)NCCNC(=O)O[C@H]1[C@@H](O)[C@H](n2cnc3c(N)ncnc32)O[C@@H]1COP(=O)(O)OP(=O)(O)OP(O)(O)=S)C(=O)c1ccccc1-c1c2ccc(=[N+](C)C)cc-2sc2cc(N(C)C)ccc12. The van der Waals surface area contributed by atoms with Crippen LogP contribution in [-0.2, 0) is 48.4 Å². The lowest BCUT2D eigenvalue weighted by Crippen LogP contribution is -2.42. The van der Waals surface area contributed by atoms with E-state index in [4.69, 9.17) is 19.7 Å². The van der Waals surface area contributed by atoms with Crippen molar-refractivity contribution >= 4 is 96.2 Å². The third-order valence-corrected chi connectivity index (χ3v) is 16.7. The zero-order valence-corrected chi connectivity index (χ0v) is 43.5. The lowest BCUT2D eigenvalue weighted by molar-refractivity contribution is -0.121. The molecule has 30 heteroatoms. The fourth-order valence-corrected chi connectivity index (χ4v) is 12.7. The topological polar surface area (TPSA) is 336 Å². The van der Waals surface area contributed by atoms with Crippen molar-refractivity contribution in [2.45, 2.75) is 37.4 Å². The third kappa shape index (κ3) is 13.1. The number of ether oxygens (including phenoxy) is 2. The number of aromatic nitrogens is 4. The molecular formula is C42H52N10O15P3S2+. The lowest BCUT2D eigenvalue weighted by Gasteiger charge is -2.22. The van der Waals surface area contributed by atoms with E-state index in [1.54, 1.807) is 29.4 Å². The molecule has 3 aliphatic rings. The van der Waals surface area contributed by atoms with Crippen LogP contribution in [0, 0.1) is 0 Å². The number of anilines is 2. The average molecular weight is 1090 g/mol. The molecule has 386 valence electrons. The van der Waals surface area contributed by atoms with Crippen LogP contribution in [0.4, 0.5) is 16.3 Å². The summed E-state index contributed by atoms with van der Waals surface area (Å²) in [5, 5.41) is 18.5. The van der Waals surface area contributed by atoms with Crippen LogP contribution in [0.1, 0.15) is 29.4 Å². The number of imidazole rings is 1. The number of carbonyl (C=O) groups is 3. The molecule has 4 aromatic rings. The van der Waals surface area contributed by atoms with Gasteiger partial charge in [0.25, 0.3) is 5.91 Å². The number of nitrogens with two attached hydrogens (primary N) is 1. The van der Waals surface area contributed by atoms with Crippen LogP contribution in [-0.4, -0.2) is 147 Å². The summed E-state index contributed by atoms with van der Waals surface area (Å²) in [4.78, 5) is 95.0. The van der Waals surface area contributed by atoms with E-state index in [1.165, 1.54) is 10.9 Å². The number of hydrogen-bond acceptors (Lipinski definition) is 18. The average Bonchev–Trinajstić information content (AvgIpc) is 3.87. The largest absolute Gasteiger partial charge is 0.488 e. The number of phosphoric ester groups is 1. The molecule has 0 saturated carbocycles. The Labute approximate surface area is 420 Å². The third-order valence-electron chi connectivity index (χ3n) is 11.1. The predicted molar refractivity (Wildman–Crippen MR) is 269 cm³/mol. The minimum Gasteiger partial charge on any atom is -0.440 e. The number of nitrogens with zero attached hydrogens (tertiary/aromatic N) is 7. The van der Waals surface area contributed by atoms with Gasteiger partial charge in [-0.25, -0.2) is 37.8 Å². The highest BCUT2D eigenvalue weighted by Crippen LogP contribution is 2.66. The number of benzene rings is 3. The number of alkyl carbamates (subject to hydrolysis) is 1. The molecule has 2 aliphatic heterocycles. The summed E-state index contributed by atoms with van der Waals surface area (Å²) in [5.74, 6) is -0.602. The molecule has 2 aromatic heterocycles. The van der Waals surface area contributed by atoms with Gasteiger partial charge in [0, 0.05) is 91.1 Å². The molecule has 2 aromatic carbocycles. The molecule has 4 heterocycles. The van der Waals surface area contributed by atoms with Gasteiger partial charge in [0.05, 0.1) is 12.9 Å². The molecule has 0 spiro atoms. The van der Waals surface area contributed by atoms with Gasteiger partial charge in [0.1, 0.15) is 38.1 Å². The van der Waals surface area contributed by atoms with Crippen LogP contribution < -0.4 is 31.2 Å². The maximum atomic E-state index is 14.2. The van der Waals surface area contributed by atoms with Crippen LogP contribution in [0.3, 0.4) is 0 Å². The summed E-state index contributed by atoms with van der Waals surface area (Å²) < 4.78 is 53.0. The zero-order valence-electron chi connectivity index (χ0n) is 39.2. The number of aliphatic hydroxyl groups is 1. The van der Waals surface area contributed by atoms with Gasteiger partial charge in [-0.05, 0) is 53.6 Å². The van der Waals surface area contributed by atoms with E-state index in [0.717, 1.165) is 49.0 Å². The predicted octanol–water partition coefficient (Wildman–Crippen LogP) is 2.97. The van der Waals surface area contributed by atoms with Crippen molar-refractivity contribution in [3.63, 3.8) is 0 Å². The summed E-state index contributed by atoms with van der Waals surface area (Å²) in [6.45, 7) is -5.88. The van der Waals surface area contributed by atoms with E-state index in [1.807, 2.05) is 55.9 Å². The molecule has 9 N–H and O–H groups in total. The Hall–Kier alpha value is -5.34. The molecule has 1 fully saturated rings. The van der Waals surface area contributed by atoms with Crippen LogP contribution in [0.25, 0.3) is 42.8 Å². The Morgan fingerprint density at radius 3 is 2.40 bits per heavy atom. The van der Waals surface area contributed by atoms with Crippen molar-refractivity contribution in [3.05, 3.63) is 84.2 Å². The highest BCUT2D eigenvalue weighted by atomic mass is 32.5. The van der Waals surface area contributed by atoms with Crippen molar-refractivity contribution in [1.82, 2.24) is 39.6 Å². The van der Waals surface area contributed by atoms with Crippen molar-refractivity contribution in [2.24, 2.45) is 0 Å². The fourth-order valence-electron chi connectivity index (χ4n) is 7.76. The van der Waals surface area contributed by atoms with Gasteiger partial charge in [-0.1, -0.05) is 24.3 Å². The van der Waals surface area contributed by atoms with E-state index in [9.17, 15) is 48.2 Å². The van der Waals surface area contributed by atoms with E-state index in [2.05, 4.69) is 82.4 Å². The lowest BCUT2D eigenvalue weighted by atomic mass is 9.91. The molecule has 0 bridgehead atoms. The molecule has 25 nitrogen and oxygen atoms in total. The minimum atomic E-state index is -5.68.